The van der Waals surface area contributed by atoms with Crippen molar-refractivity contribution in [3.05, 3.63) is 48.8 Å². The predicted octanol–water partition coefficient (Wildman–Crippen LogP) is 1.96. The smallest absolute Gasteiger partial charge is 0.306 e. The highest BCUT2D eigenvalue weighted by molar-refractivity contribution is 5.90. The second-order valence-corrected chi connectivity index (χ2v) is 2.75. The zero-order valence-electron chi connectivity index (χ0n) is 7.42. The molecule has 1 heterocycles. The van der Waals surface area contributed by atoms with Crippen LogP contribution in [0.25, 0.3) is 0 Å². The van der Waals surface area contributed by atoms with Crippen LogP contribution >= 0.6 is 0 Å². The van der Waals surface area contributed by atoms with Crippen molar-refractivity contribution in [3.63, 3.8) is 0 Å². The number of amides is 1. The number of benzene rings is 1. The molecular weight excluding hydrogens is 178 g/mol. The van der Waals surface area contributed by atoms with Gasteiger partial charge in [0.15, 0.2) is 0 Å². The third-order valence-corrected chi connectivity index (χ3v) is 1.74. The highest BCUT2D eigenvalue weighted by atomic mass is 16.2. The number of aromatic nitrogens is 2. The molecule has 4 heteroatoms. The van der Waals surface area contributed by atoms with E-state index in [2.05, 4.69) is 10.4 Å². The molecule has 0 radical (unpaired) electrons. The summed E-state index contributed by atoms with van der Waals surface area (Å²) in [4.78, 5) is 11.5. The third kappa shape index (κ3) is 1.80. The van der Waals surface area contributed by atoms with Gasteiger partial charge in [-0.25, -0.2) is 4.79 Å². The molecule has 1 N–H and O–H groups in total. The molecule has 1 aromatic carbocycles. The Morgan fingerprint density at radius 3 is 2.64 bits per heavy atom. The van der Waals surface area contributed by atoms with Crippen molar-refractivity contribution in [2.45, 2.75) is 0 Å². The topological polar surface area (TPSA) is 46.9 Å². The Morgan fingerprint density at radius 2 is 2.00 bits per heavy atom. The van der Waals surface area contributed by atoms with E-state index in [0.717, 1.165) is 5.69 Å². The quantitative estimate of drug-likeness (QED) is 0.741. The SMILES string of the molecule is O=C(Nc1ccccc1)n1cccn1. The van der Waals surface area contributed by atoms with Gasteiger partial charge in [-0.1, -0.05) is 18.2 Å². The number of carbonyl (C=O) groups excluding carboxylic acids is 1. The van der Waals surface area contributed by atoms with Crippen molar-refractivity contribution in [1.29, 1.82) is 0 Å². The fourth-order valence-electron chi connectivity index (χ4n) is 1.09. The summed E-state index contributed by atoms with van der Waals surface area (Å²) in [6.07, 6.45) is 3.16. The molecule has 70 valence electrons. The number of para-hydroxylation sites is 1. The van der Waals surface area contributed by atoms with Gasteiger partial charge in [-0.2, -0.15) is 9.78 Å². The molecule has 0 unspecified atom stereocenters. The van der Waals surface area contributed by atoms with Crippen LogP contribution in [0.1, 0.15) is 0 Å². The van der Waals surface area contributed by atoms with E-state index >= 15 is 0 Å². The molecule has 0 aliphatic heterocycles. The minimum Gasteiger partial charge on any atom is -0.306 e. The summed E-state index contributed by atoms with van der Waals surface area (Å²) in [5.41, 5.74) is 0.757. The standard InChI is InChI=1S/C10H9N3O/c14-10(13-8-4-7-11-13)12-9-5-2-1-3-6-9/h1-8H,(H,12,14). The van der Waals surface area contributed by atoms with Crippen LogP contribution in [0.4, 0.5) is 10.5 Å². The largest absolute Gasteiger partial charge is 0.346 e. The number of nitrogens with zero attached hydrogens (tertiary/aromatic N) is 2. The molecule has 2 aromatic rings. The summed E-state index contributed by atoms with van der Waals surface area (Å²) < 4.78 is 1.24. The normalized spacial score (nSPS) is 9.71. The average Bonchev–Trinajstić information content (AvgIpc) is 2.72. The van der Waals surface area contributed by atoms with Crippen molar-refractivity contribution in [2.75, 3.05) is 5.32 Å². The lowest BCUT2D eigenvalue weighted by atomic mass is 10.3. The van der Waals surface area contributed by atoms with Crippen molar-refractivity contribution in [3.8, 4) is 0 Å². The molecule has 0 saturated heterocycles. The number of hydrogen-bond donors (Lipinski definition) is 1. The molecule has 0 aliphatic rings. The summed E-state index contributed by atoms with van der Waals surface area (Å²) in [6.45, 7) is 0. The Balaban J connectivity index is 2.10. The summed E-state index contributed by atoms with van der Waals surface area (Å²) in [5, 5.41) is 6.52. The minimum atomic E-state index is -0.263. The summed E-state index contributed by atoms with van der Waals surface area (Å²) in [6, 6.07) is 10.7. The Kier molecular flexibility index (Phi) is 2.27. The number of anilines is 1. The zero-order valence-corrected chi connectivity index (χ0v) is 7.42. The Bertz CT molecular complexity index is 408. The van der Waals surface area contributed by atoms with E-state index in [1.54, 1.807) is 18.5 Å². The second-order valence-electron chi connectivity index (χ2n) is 2.75. The molecule has 0 bridgehead atoms. The Hall–Kier alpha value is -2.10. The first-order valence-corrected chi connectivity index (χ1v) is 4.22. The highest BCUT2D eigenvalue weighted by Crippen LogP contribution is 2.05. The van der Waals surface area contributed by atoms with Gasteiger partial charge in [0.25, 0.3) is 0 Å². The fraction of sp³-hybridized carbons (Fsp3) is 0. The molecule has 0 spiro atoms. The van der Waals surface area contributed by atoms with Crippen LogP contribution in [0, 0.1) is 0 Å². The van der Waals surface area contributed by atoms with Gasteiger partial charge in [0.05, 0.1) is 0 Å². The zero-order chi connectivity index (χ0) is 9.80. The molecule has 0 atom stereocenters. The van der Waals surface area contributed by atoms with Crippen molar-refractivity contribution in [1.82, 2.24) is 9.78 Å². The molecule has 0 aliphatic carbocycles. The number of nitrogens with one attached hydrogen (secondary N) is 1. The number of hydrogen-bond acceptors (Lipinski definition) is 2. The molecule has 0 fully saturated rings. The summed E-state index contributed by atoms with van der Waals surface area (Å²) in [5.74, 6) is 0. The molecule has 1 amide bonds. The van der Waals surface area contributed by atoms with Gasteiger partial charge in [-0.15, -0.1) is 0 Å². The van der Waals surface area contributed by atoms with Crippen LogP contribution in [-0.4, -0.2) is 15.8 Å². The predicted molar refractivity (Wildman–Crippen MR) is 53.1 cm³/mol. The van der Waals surface area contributed by atoms with Crippen molar-refractivity contribution >= 4 is 11.7 Å². The first-order chi connectivity index (χ1) is 6.86. The van der Waals surface area contributed by atoms with Gasteiger partial charge in [0.2, 0.25) is 0 Å². The van der Waals surface area contributed by atoms with E-state index in [1.165, 1.54) is 4.68 Å². The van der Waals surface area contributed by atoms with E-state index in [9.17, 15) is 4.79 Å². The van der Waals surface area contributed by atoms with E-state index in [1.807, 2.05) is 30.3 Å². The maximum atomic E-state index is 11.5. The van der Waals surface area contributed by atoms with Crippen LogP contribution < -0.4 is 5.32 Å². The van der Waals surface area contributed by atoms with E-state index in [4.69, 9.17) is 0 Å². The minimum absolute atomic E-state index is 0.263. The van der Waals surface area contributed by atoms with Crippen LogP contribution in [0.5, 0.6) is 0 Å². The Morgan fingerprint density at radius 1 is 1.21 bits per heavy atom. The summed E-state index contributed by atoms with van der Waals surface area (Å²) >= 11 is 0. The number of carbonyl (C=O) groups is 1. The van der Waals surface area contributed by atoms with Crippen LogP contribution in [0.15, 0.2) is 48.8 Å². The van der Waals surface area contributed by atoms with Gasteiger partial charge in [0.1, 0.15) is 0 Å². The van der Waals surface area contributed by atoms with Gasteiger partial charge >= 0.3 is 6.03 Å². The molecule has 1 aromatic heterocycles. The first-order valence-electron chi connectivity index (χ1n) is 4.22. The lowest BCUT2D eigenvalue weighted by Crippen LogP contribution is -2.19. The Labute approximate surface area is 81.2 Å². The van der Waals surface area contributed by atoms with Crippen LogP contribution in [0.2, 0.25) is 0 Å². The summed E-state index contributed by atoms with van der Waals surface area (Å²) in [7, 11) is 0. The van der Waals surface area contributed by atoms with Gasteiger partial charge in [-0.3, -0.25) is 0 Å². The molecule has 4 nitrogen and oxygen atoms in total. The third-order valence-electron chi connectivity index (χ3n) is 1.74. The molecule has 14 heavy (non-hydrogen) atoms. The van der Waals surface area contributed by atoms with Crippen LogP contribution in [-0.2, 0) is 0 Å². The van der Waals surface area contributed by atoms with Crippen LogP contribution in [0.3, 0.4) is 0 Å². The lowest BCUT2D eigenvalue weighted by Gasteiger charge is -2.03. The maximum Gasteiger partial charge on any atom is 0.346 e. The molecule has 0 saturated carbocycles. The second kappa shape index (κ2) is 3.74. The van der Waals surface area contributed by atoms with E-state index in [0.29, 0.717) is 0 Å². The van der Waals surface area contributed by atoms with E-state index in [-0.39, 0.29) is 6.03 Å². The fourth-order valence-corrected chi connectivity index (χ4v) is 1.09. The van der Waals surface area contributed by atoms with Gasteiger partial charge in [-0.05, 0) is 18.2 Å². The van der Waals surface area contributed by atoms with Crippen molar-refractivity contribution < 1.29 is 4.79 Å². The van der Waals surface area contributed by atoms with Gasteiger partial charge in [0, 0.05) is 18.1 Å². The average molecular weight is 187 g/mol. The number of rotatable bonds is 1. The van der Waals surface area contributed by atoms with Crippen molar-refractivity contribution in [2.24, 2.45) is 0 Å². The molecular formula is C10H9N3O. The monoisotopic (exact) mass is 187 g/mol. The first kappa shape index (κ1) is 8.50. The maximum absolute atomic E-state index is 11.5. The molecule has 2 rings (SSSR count). The lowest BCUT2D eigenvalue weighted by molar-refractivity contribution is 0.251. The van der Waals surface area contributed by atoms with Gasteiger partial charge < -0.3 is 5.32 Å². The highest BCUT2D eigenvalue weighted by Gasteiger charge is 2.02. The van der Waals surface area contributed by atoms with E-state index < -0.39 is 0 Å².